The number of rotatable bonds is 4. The average Bonchev–Trinajstić information content (AvgIpc) is 2.48. The van der Waals surface area contributed by atoms with Crippen molar-refractivity contribution in [1.29, 1.82) is 0 Å². The third-order valence-corrected chi connectivity index (χ3v) is 2.72. The van der Waals surface area contributed by atoms with Crippen LogP contribution in [0.1, 0.15) is 23.0 Å². The molecule has 0 fully saturated rings. The normalized spacial score (nSPS) is 10.2. The van der Waals surface area contributed by atoms with Crippen LogP contribution >= 0.6 is 0 Å². The summed E-state index contributed by atoms with van der Waals surface area (Å²) in [6, 6.07) is 10.5. The van der Waals surface area contributed by atoms with Crippen molar-refractivity contribution >= 4 is 11.7 Å². The van der Waals surface area contributed by atoms with E-state index in [0.717, 1.165) is 10.2 Å². The molecule has 6 nitrogen and oxygen atoms in total. The highest BCUT2D eigenvalue weighted by molar-refractivity contribution is 5.87. The molecule has 0 saturated heterocycles. The Morgan fingerprint density at radius 2 is 2.05 bits per heavy atom. The van der Waals surface area contributed by atoms with Gasteiger partial charge in [0.1, 0.15) is 12.3 Å². The van der Waals surface area contributed by atoms with Crippen molar-refractivity contribution in [2.75, 3.05) is 5.73 Å². The predicted molar refractivity (Wildman–Crippen MR) is 74.1 cm³/mol. The van der Waals surface area contributed by atoms with Gasteiger partial charge >= 0.3 is 5.97 Å². The van der Waals surface area contributed by atoms with Crippen LogP contribution in [0.15, 0.2) is 41.2 Å². The van der Waals surface area contributed by atoms with E-state index in [9.17, 15) is 9.59 Å². The van der Waals surface area contributed by atoms with E-state index in [1.54, 1.807) is 6.92 Å². The SMILES string of the molecule is CCn1nc(C(=O)OCc2ccccc2)cc(N)c1=O. The molecule has 104 valence electrons. The summed E-state index contributed by atoms with van der Waals surface area (Å²) in [6.45, 7) is 2.22. The largest absolute Gasteiger partial charge is 0.456 e. The van der Waals surface area contributed by atoms with Gasteiger partial charge in [0.05, 0.1) is 0 Å². The Kier molecular flexibility index (Phi) is 4.14. The molecule has 1 heterocycles. The first-order valence-electron chi connectivity index (χ1n) is 6.20. The number of aryl methyl sites for hydroxylation is 1. The molecule has 2 aromatic rings. The van der Waals surface area contributed by atoms with Crippen LogP contribution < -0.4 is 11.3 Å². The number of hydrogen-bond donors (Lipinski definition) is 1. The molecule has 0 atom stereocenters. The van der Waals surface area contributed by atoms with E-state index in [4.69, 9.17) is 10.5 Å². The summed E-state index contributed by atoms with van der Waals surface area (Å²) in [5.41, 5.74) is 6.03. The van der Waals surface area contributed by atoms with E-state index in [1.165, 1.54) is 6.07 Å². The van der Waals surface area contributed by atoms with Crippen molar-refractivity contribution in [2.45, 2.75) is 20.1 Å². The molecule has 0 bridgehead atoms. The first kappa shape index (κ1) is 13.8. The van der Waals surface area contributed by atoms with Crippen LogP contribution in [0.5, 0.6) is 0 Å². The molecule has 1 aromatic heterocycles. The molecule has 0 unspecified atom stereocenters. The van der Waals surface area contributed by atoms with E-state index < -0.39 is 11.5 Å². The van der Waals surface area contributed by atoms with Gasteiger partial charge < -0.3 is 10.5 Å². The van der Waals surface area contributed by atoms with E-state index in [-0.39, 0.29) is 18.0 Å². The molecule has 0 amide bonds. The van der Waals surface area contributed by atoms with Crippen LogP contribution in [0, 0.1) is 0 Å². The number of nitrogens with two attached hydrogens (primary N) is 1. The molecule has 1 aromatic carbocycles. The third-order valence-electron chi connectivity index (χ3n) is 2.72. The smallest absolute Gasteiger partial charge is 0.359 e. The number of nitrogen functional groups attached to an aromatic ring is 1. The van der Waals surface area contributed by atoms with Crippen LogP contribution in [-0.2, 0) is 17.9 Å². The summed E-state index contributed by atoms with van der Waals surface area (Å²) in [4.78, 5) is 23.5. The second-order valence-corrected chi connectivity index (χ2v) is 4.17. The maximum atomic E-state index is 11.9. The first-order valence-corrected chi connectivity index (χ1v) is 6.20. The predicted octanol–water partition coefficient (Wildman–Crippen LogP) is 1.20. The van der Waals surface area contributed by atoms with Crippen LogP contribution in [-0.4, -0.2) is 15.7 Å². The lowest BCUT2D eigenvalue weighted by atomic mass is 10.2. The van der Waals surface area contributed by atoms with Gasteiger partial charge in [-0.25, -0.2) is 9.48 Å². The summed E-state index contributed by atoms with van der Waals surface area (Å²) in [6.07, 6.45) is 0. The van der Waals surface area contributed by atoms with Crippen molar-refractivity contribution in [3.8, 4) is 0 Å². The Labute approximate surface area is 115 Å². The number of benzene rings is 1. The van der Waals surface area contributed by atoms with Crippen LogP contribution in [0.2, 0.25) is 0 Å². The average molecular weight is 273 g/mol. The zero-order valence-corrected chi connectivity index (χ0v) is 11.1. The Morgan fingerprint density at radius 1 is 1.35 bits per heavy atom. The van der Waals surface area contributed by atoms with Gasteiger partial charge in [0.15, 0.2) is 5.69 Å². The molecule has 2 N–H and O–H groups in total. The van der Waals surface area contributed by atoms with Gasteiger partial charge in [-0.3, -0.25) is 4.79 Å². The van der Waals surface area contributed by atoms with Gasteiger partial charge in [0.2, 0.25) is 0 Å². The summed E-state index contributed by atoms with van der Waals surface area (Å²) < 4.78 is 6.27. The van der Waals surface area contributed by atoms with Crippen molar-refractivity contribution < 1.29 is 9.53 Å². The highest BCUT2D eigenvalue weighted by Crippen LogP contribution is 2.05. The van der Waals surface area contributed by atoms with E-state index >= 15 is 0 Å². The number of aromatic nitrogens is 2. The van der Waals surface area contributed by atoms with Crippen LogP contribution in [0.4, 0.5) is 5.69 Å². The lowest BCUT2D eigenvalue weighted by Gasteiger charge is -2.07. The molecule has 20 heavy (non-hydrogen) atoms. The number of anilines is 1. The molecule has 0 aliphatic carbocycles. The summed E-state index contributed by atoms with van der Waals surface area (Å²) in [7, 11) is 0. The van der Waals surface area contributed by atoms with Gasteiger partial charge in [0, 0.05) is 12.6 Å². The molecule has 6 heteroatoms. The Morgan fingerprint density at radius 3 is 2.70 bits per heavy atom. The molecule has 0 saturated carbocycles. The van der Waals surface area contributed by atoms with Gasteiger partial charge in [-0.15, -0.1) is 0 Å². The maximum Gasteiger partial charge on any atom is 0.359 e. The molecule has 2 rings (SSSR count). The molecule has 0 aliphatic heterocycles. The standard InChI is InChI=1S/C14H15N3O3/c1-2-17-13(18)11(15)8-12(16-17)14(19)20-9-10-6-4-3-5-7-10/h3-8H,2,9,15H2,1H3. The highest BCUT2D eigenvalue weighted by Gasteiger charge is 2.13. The number of carbonyl (C=O) groups excluding carboxylic acids is 1. The first-order chi connectivity index (χ1) is 9.61. The Bertz CT molecular complexity index is 665. The monoisotopic (exact) mass is 273 g/mol. The zero-order valence-electron chi connectivity index (χ0n) is 11.1. The summed E-state index contributed by atoms with van der Waals surface area (Å²) in [5, 5.41) is 3.91. The Balaban J connectivity index is 2.14. The van der Waals surface area contributed by atoms with Gasteiger partial charge in [-0.1, -0.05) is 30.3 Å². The third kappa shape index (κ3) is 3.03. The lowest BCUT2D eigenvalue weighted by Crippen LogP contribution is -2.27. The summed E-state index contributed by atoms with van der Waals surface area (Å²) in [5.74, 6) is -0.609. The number of ether oxygens (including phenoxy) is 1. The zero-order chi connectivity index (χ0) is 14.5. The summed E-state index contributed by atoms with van der Waals surface area (Å²) >= 11 is 0. The van der Waals surface area contributed by atoms with Crippen LogP contribution in [0.3, 0.4) is 0 Å². The van der Waals surface area contributed by atoms with Crippen LogP contribution in [0.25, 0.3) is 0 Å². The van der Waals surface area contributed by atoms with Gasteiger partial charge in [-0.05, 0) is 12.5 Å². The molecule has 0 spiro atoms. The highest BCUT2D eigenvalue weighted by atomic mass is 16.5. The number of nitrogens with zero attached hydrogens (tertiary/aromatic N) is 2. The van der Waals surface area contributed by atoms with Crippen molar-refractivity contribution in [3.05, 3.63) is 58.0 Å². The lowest BCUT2D eigenvalue weighted by molar-refractivity contribution is 0.0462. The minimum atomic E-state index is -0.609. The minimum absolute atomic E-state index is 0.0199. The van der Waals surface area contributed by atoms with Crippen molar-refractivity contribution in [3.63, 3.8) is 0 Å². The maximum absolute atomic E-state index is 11.9. The fourth-order valence-corrected chi connectivity index (χ4v) is 1.67. The van der Waals surface area contributed by atoms with E-state index in [2.05, 4.69) is 5.10 Å². The second-order valence-electron chi connectivity index (χ2n) is 4.17. The van der Waals surface area contributed by atoms with Crippen molar-refractivity contribution in [2.24, 2.45) is 0 Å². The topological polar surface area (TPSA) is 87.2 Å². The Hall–Kier alpha value is -2.63. The second kappa shape index (κ2) is 6.01. The van der Waals surface area contributed by atoms with Crippen molar-refractivity contribution in [1.82, 2.24) is 9.78 Å². The van der Waals surface area contributed by atoms with E-state index in [0.29, 0.717) is 6.54 Å². The fourth-order valence-electron chi connectivity index (χ4n) is 1.67. The molecule has 0 radical (unpaired) electrons. The van der Waals surface area contributed by atoms with E-state index in [1.807, 2.05) is 30.3 Å². The molecule has 0 aliphatic rings. The molecular weight excluding hydrogens is 258 g/mol. The number of hydrogen-bond acceptors (Lipinski definition) is 5. The quantitative estimate of drug-likeness (QED) is 0.846. The fraction of sp³-hybridized carbons (Fsp3) is 0.214. The minimum Gasteiger partial charge on any atom is -0.456 e. The number of esters is 1. The van der Waals surface area contributed by atoms with Gasteiger partial charge in [0.25, 0.3) is 5.56 Å². The number of carbonyl (C=O) groups is 1. The van der Waals surface area contributed by atoms with Gasteiger partial charge in [-0.2, -0.15) is 5.10 Å². The molecular formula is C14H15N3O3.